The van der Waals surface area contributed by atoms with E-state index in [1.807, 2.05) is 20.8 Å². The van der Waals surface area contributed by atoms with E-state index in [9.17, 15) is 8.42 Å². The maximum absolute atomic E-state index is 12.2. The highest BCUT2D eigenvalue weighted by molar-refractivity contribution is 7.92. The molecule has 1 aliphatic rings. The molecule has 0 spiro atoms. The summed E-state index contributed by atoms with van der Waals surface area (Å²) in [6, 6.07) is 3.76. The summed E-state index contributed by atoms with van der Waals surface area (Å²) < 4.78 is 24.4. The number of sulfone groups is 1. The summed E-state index contributed by atoms with van der Waals surface area (Å²) in [6.45, 7) is 6.09. The van der Waals surface area contributed by atoms with Crippen LogP contribution in [0.25, 0.3) is 0 Å². The Kier molecular flexibility index (Phi) is 4.02. The third kappa shape index (κ3) is 2.84. The van der Waals surface area contributed by atoms with Crippen molar-refractivity contribution in [3.63, 3.8) is 0 Å². The van der Waals surface area contributed by atoms with Crippen molar-refractivity contribution in [3.8, 4) is 0 Å². The van der Waals surface area contributed by atoms with Crippen molar-refractivity contribution >= 4 is 9.84 Å². The Balaban J connectivity index is 2.42. The molecular weight excluding hydrogens is 258 g/mol. The highest BCUT2D eigenvalue weighted by atomic mass is 32.2. The lowest BCUT2D eigenvalue weighted by atomic mass is 9.91. The highest BCUT2D eigenvalue weighted by Gasteiger charge is 2.35. The summed E-state index contributed by atoms with van der Waals surface area (Å²) in [5.41, 5.74) is 10.7. The first-order valence-corrected chi connectivity index (χ1v) is 8.59. The van der Waals surface area contributed by atoms with Crippen LogP contribution in [0.2, 0.25) is 0 Å². The zero-order valence-corrected chi connectivity index (χ0v) is 12.8. The molecule has 3 nitrogen and oxygen atoms in total. The van der Waals surface area contributed by atoms with Crippen molar-refractivity contribution < 1.29 is 8.42 Å². The lowest BCUT2D eigenvalue weighted by Gasteiger charge is -2.29. The van der Waals surface area contributed by atoms with Crippen LogP contribution in [-0.2, 0) is 9.84 Å². The smallest absolute Gasteiger partial charge is 0.155 e. The molecule has 0 saturated carbocycles. The molecule has 1 heterocycles. The van der Waals surface area contributed by atoms with Crippen molar-refractivity contribution in [2.75, 3.05) is 5.75 Å². The van der Waals surface area contributed by atoms with Gasteiger partial charge in [0.2, 0.25) is 0 Å². The van der Waals surface area contributed by atoms with Crippen LogP contribution < -0.4 is 5.73 Å². The minimum atomic E-state index is -3.04. The first kappa shape index (κ1) is 14.5. The Morgan fingerprint density at radius 2 is 1.74 bits per heavy atom. The first-order chi connectivity index (χ1) is 8.83. The Bertz CT molecular complexity index is 555. The minimum Gasteiger partial charge on any atom is -0.323 e. The summed E-state index contributed by atoms with van der Waals surface area (Å²) >= 11 is 0. The molecule has 0 aliphatic carbocycles. The molecule has 1 aromatic rings. The number of rotatable bonds is 2. The van der Waals surface area contributed by atoms with Crippen LogP contribution in [0.1, 0.15) is 47.6 Å². The van der Waals surface area contributed by atoms with Crippen LogP contribution in [-0.4, -0.2) is 19.4 Å². The molecule has 19 heavy (non-hydrogen) atoms. The monoisotopic (exact) mass is 281 g/mol. The van der Waals surface area contributed by atoms with Gasteiger partial charge >= 0.3 is 0 Å². The van der Waals surface area contributed by atoms with E-state index >= 15 is 0 Å². The van der Waals surface area contributed by atoms with Gasteiger partial charge < -0.3 is 5.73 Å². The largest absolute Gasteiger partial charge is 0.323 e. The number of hydrogen-bond donors (Lipinski definition) is 1. The van der Waals surface area contributed by atoms with Gasteiger partial charge in [0.15, 0.2) is 9.84 Å². The first-order valence-electron chi connectivity index (χ1n) is 6.88. The predicted octanol–water partition coefficient (Wildman–Crippen LogP) is 2.58. The molecular formula is C15H23NO2S. The zero-order valence-electron chi connectivity index (χ0n) is 11.9. The van der Waals surface area contributed by atoms with Crippen LogP contribution in [0.5, 0.6) is 0 Å². The lowest BCUT2D eigenvalue weighted by molar-refractivity contribution is 0.503. The van der Waals surface area contributed by atoms with Gasteiger partial charge in [-0.25, -0.2) is 8.42 Å². The molecule has 1 aliphatic heterocycles. The van der Waals surface area contributed by atoms with Crippen LogP contribution in [0.15, 0.2) is 12.1 Å². The Morgan fingerprint density at radius 3 is 2.26 bits per heavy atom. The highest BCUT2D eigenvalue weighted by Crippen LogP contribution is 2.32. The van der Waals surface area contributed by atoms with Gasteiger partial charge in [-0.2, -0.15) is 0 Å². The van der Waals surface area contributed by atoms with E-state index in [1.165, 1.54) is 5.56 Å². The SMILES string of the molecule is Cc1cc(C)c(C(N)C2CCCCS2(=O)=O)c(C)c1. The van der Waals surface area contributed by atoms with Crippen molar-refractivity contribution in [2.24, 2.45) is 5.73 Å². The van der Waals surface area contributed by atoms with Crippen molar-refractivity contribution in [3.05, 3.63) is 34.4 Å². The summed E-state index contributed by atoms with van der Waals surface area (Å²) in [6.07, 6.45) is 2.43. The number of hydrogen-bond acceptors (Lipinski definition) is 3. The number of nitrogens with two attached hydrogens (primary N) is 1. The van der Waals surface area contributed by atoms with Crippen molar-refractivity contribution in [2.45, 2.75) is 51.3 Å². The molecule has 1 saturated heterocycles. The van der Waals surface area contributed by atoms with Crippen LogP contribution in [0, 0.1) is 20.8 Å². The normalized spacial score (nSPS) is 24.1. The van der Waals surface area contributed by atoms with Crippen LogP contribution in [0.3, 0.4) is 0 Å². The minimum absolute atomic E-state index is 0.287. The molecule has 0 radical (unpaired) electrons. The third-order valence-corrected chi connectivity index (χ3v) is 6.41. The molecule has 2 N–H and O–H groups in total. The van der Waals surface area contributed by atoms with Gasteiger partial charge in [0.25, 0.3) is 0 Å². The van der Waals surface area contributed by atoms with Gasteiger partial charge in [0, 0.05) is 6.04 Å². The van der Waals surface area contributed by atoms with Crippen molar-refractivity contribution in [1.29, 1.82) is 0 Å². The number of aryl methyl sites for hydroxylation is 3. The summed E-state index contributed by atoms with van der Waals surface area (Å²) in [5, 5.41) is -0.415. The average Bonchev–Trinajstić information content (AvgIpc) is 2.26. The molecule has 4 heteroatoms. The van der Waals surface area contributed by atoms with Gasteiger partial charge in [-0.05, 0) is 50.3 Å². The Morgan fingerprint density at radius 1 is 1.16 bits per heavy atom. The molecule has 2 rings (SSSR count). The second kappa shape index (κ2) is 5.25. The molecule has 1 aromatic carbocycles. The number of benzene rings is 1. The van der Waals surface area contributed by atoms with Crippen LogP contribution in [0.4, 0.5) is 0 Å². The summed E-state index contributed by atoms with van der Waals surface area (Å²) in [4.78, 5) is 0. The van der Waals surface area contributed by atoms with E-state index in [4.69, 9.17) is 5.73 Å². The molecule has 0 amide bonds. The average molecular weight is 281 g/mol. The standard InChI is InChI=1S/C15H23NO2S/c1-10-8-11(2)14(12(3)9-10)15(16)13-6-4-5-7-19(13,17)18/h8-9,13,15H,4-7,16H2,1-3H3. The van der Waals surface area contributed by atoms with E-state index in [-0.39, 0.29) is 5.75 Å². The van der Waals surface area contributed by atoms with E-state index in [0.29, 0.717) is 6.42 Å². The summed E-state index contributed by atoms with van der Waals surface area (Å²) in [5.74, 6) is 0.287. The van der Waals surface area contributed by atoms with E-state index in [2.05, 4.69) is 12.1 Å². The molecule has 0 aromatic heterocycles. The van der Waals surface area contributed by atoms with Crippen LogP contribution >= 0.6 is 0 Å². The van der Waals surface area contributed by atoms with Gasteiger partial charge in [-0.1, -0.05) is 24.1 Å². The second-order valence-corrected chi connectivity index (χ2v) is 8.08. The van der Waals surface area contributed by atoms with Crippen molar-refractivity contribution in [1.82, 2.24) is 0 Å². The molecule has 106 valence electrons. The topological polar surface area (TPSA) is 60.2 Å². The second-order valence-electron chi connectivity index (χ2n) is 5.74. The molecule has 0 bridgehead atoms. The summed E-state index contributed by atoms with van der Waals surface area (Å²) in [7, 11) is -3.04. The van der Waals surface area contributed by atoms with Gasteiger partial charge in [-0.3, -0.25) is 0 Å². The maximum Gasteiger partial charge on any atom is 0.155 e. The molecule has 1 fully saturated rings. The fourth-order valence-electron chi connectivity index (χ4n) is 3.29. The lowest BCUT2D eigenvalue weighted by Crippen LogP contribution is -2.38. The van der Waals surface area contributed by atoms with E-state index < -0.39 is 21.1 Å². The third-order valence-electron chi connectivity index (χ3n) is 4.10. The predicted molar refractivity (Wildman–Crippen MR) is 79.0 cm³/mol. The maximum atomic E-state index is 12.2. The van der Waals surface area contributed by atoms with Gasteiger partial charge in [-0.15, -0.1) is 0 Å². The fraction of sp³-hybridized carbons (Fsp3) is 0.600. The fourth-order valence-corrected chi connectivity index (χ4v) is 5.30. The Hall–Kier alpha value is -0.870. The molecule has 2 unspecified atom stereocenters. The molecule has 2 atom stereocenters. The van der Waals surface area contributed by atoms with Gasteiger partial charge in [0.05, 0.1) is 11.0 Å². The Labute approximate surface area is 116 Å². The quantitative estimate of drug-likeness (QED) is 0.906. The zero-order chi connectivity index (χ0) is 14.2. The van der Waals surface area contributed by atoms with E-state index in [1.54, 1.807) is 0 Å². The van der Waals surface area contributed by atoms with Gasteiger partial charge in [0.1, 0.15) is 0 Å². The van der Waals surface area contributed by atoms with E-state index in [0.717, 1.165) is 29.5 Å².